The van der Waals surface area contributed by atoms with Gasteiger partial charge in [-0.15, -0.1) is 0 Å². The first-order valence-corrected chi connectivity index (χ1v) is 6.90. The smallest absolute Gasteiger partial charge is 0.252 e. The number of ether oxygens (including phenoxy) is 2. The summed E-state index contributed by atoms with van der Waals surface area (Å²) in [5.41, 5.74) is 0.789. The maximum Gasteiger partial charge on any atom is 0.252 e. The van der Waals surface area contributed by atoms with E-state index in [0.29, 0.717) is 36.7 Å². The lowest BCUT2D eigenvalue weighted by atomic mass is 10.2. The molecule has 6 heteroatoms. The second-order valence-electron chi connectivity index (χ2n) is 4.91. The van der Waals surface area contributed by atoms with Crippen molar-refractivity contribution in [2.45, 2.75) is 0 Å². The van der Waals surface area contributed by atoms with Gasteiger partial charge in [0.15, 0.2) is 0 Å². The number of methoxy groups -OCH3 is 1. The normalized spacial score (nSPS) is 14.3. The standard InChI is InChI=1S/C16H20N2O4/c1-11-15(19)14(10-18(11)2)16(20)17-8-9-22-13-6-4-12(21-3)5-7-13/h4-7,19H,1,8-10H2,2-3H3,(H,17,20). The molecule has 22 heavy (non-hydrogen) atoms. The van der Waals surface area contributed by atoms with Gasteiger partial charge in [0, 0.05) is 7.05 Å². The minimum Gasteiger partial charge on any atom is -0.505 e. The summed E-state index contributed by atoms with van der Waals surface area (Å²) in [6.07, 6.45) is 0. The second kappa shape index (κ2) is 6.89. The third kappa shape index (κ3) is 3.52. The summed E-state index contributed by atoms with van der Waals surface area (Å²) in [6.45, 7) is 4.74. The minimum atomic E-state index is -0.304. The topological polar surface area (TPSA) is 71.0 Å². The van der Waals surface area contributed by atoms with E-state index in [4.69, 9.17) is 9.47 Å². The van der Waals surface area contributed by atoms with Gasteiger partial charge in [0.1, 0.15) is 23.9 Å². The van der Waals surface area contributed by atoms with Crippen molar-refractivity contribution in [1.82, 2.24) is 10.2 Å². The van der Waals surface area contributed by atoms with Gasteiger partial charge in [-0.1, -0.05) is 6.58 Å². The highest BCUT2D eigenvalue weighted by Gasteiger charge is 2.26. The van der Waals surface area contributed by atoms with Crippen LogP contribution in [0.2, 0.25) is 0 Å². The number of carbonyl (C=O) groups is 1. The molecule has 1 aromatic rings. The van der Waals surface area contributed by atoms with E-state index in [9.17, 15) is 9.90 Å². The van der Waals surface area contributed by atoms with E-state index < -0.39 is 0 Å². The second-order valence-corrected chi connectivity index (χ2v) is 4.91. The van der Waals surface area contributed by atoms with E-state index in [-0.39, 0.29) is 11.7 Å². The monoisotopic (exact) mass is 304 g/mol. The summed E-state index contributed by atoms with van der Waals surface area (Å²) in [6, 6.07) is 7.20. The lowest BCUT2D eigenvalue weighted by Crippen LogP contribution is -2.31. The van der Waals surface area contributed by atoms with Gasteiger partial charge in [0.25, 0.3) is 5.91 Å². The Bertz CT molecular complexity index is 593. The minimum absolute atomic E-state index is 0.0453. The first-order chi connectivity index (χ1) is 10.5. The fourth-order valence-corrected chi connectivity index (χ4v) is 2.05. The maximum atomic E-state index is 12.0. The summed E-state index contributed by atoms with van der Waals surface area (Å²) >= 11 is 0. The molecule has 0 aromatic heterocycles. The van der Waals surface area contributed by atoms with Gasteiger partial charge in [-0.05, 0) is 24.3 Å². The van der Waals surface area contributed by atoms with Crippen molar-refractivity contribution < 1.29 is 19.4 Å². The lowest BCUT2D eigenvalue weighted by molar-refractivity contribution is -0.117. The molecule has 6 nitrogen and oxygen atoms in total. The number of nitrogens with zero attached hydrogens (tertiary/aromatic N) is 1. The lowest BCUT2D eigenvalue weighted by Gasteiger charge is -2.11. The molecule has 0 saturated carbocycles. The molecule has 0 unspecified atom stereocenters. The largest absolute Gasteiger partial charge is 0.505 e. The number of hydrogen-bond acceptors (Lipinski definition) is 5. The Labute approximate surface area is 129 Å². The first-order valence-electron chi connectivity index (χ1n) is 6.90. The van der Waals surface area contributed by atoms with Crippen molar-refractivity contribution in [2.75, 3.05) is 33.9 Å². The molecular formula is C16H20N2O4. The fraction of sp³-hybridized carbons (Fsp3) is 0.312. The number of aliphatic hydroxyl groups excluding tert-OH is 1. The Morgan fingerprint density at radius 2 is 2.00 bits per heavy atom. The van der Waals surface area contributed by atoms with Crippen LogP contribution in [-0.4, -0.2) is 49.8 Å². The molecule has 2 N–H and O–H groups in total. The molecule has 1 aliphatic rings. The Hall–Kier alpha value is -2.63. The Morgan fingerprint density at radius 1 is 1.36 bits per heavy atom. The van der Waals surface area contributed by atoms with E-state index >= 15 is 0 Å². The molecule has 0 radical (unpaired) electrons. The maximum absolute atomic E-state index is 12.0. The van der Waals surface area contributed by atoms with Crippen LogP contribution in [0.25, 0.3) is 0 Å². The number of hydrogen-bond donors (Lipinski definition) is 2. The zero-order chi connectivity index (χ0) is 16.1. The Balaban J connectivity index is 1.77. The van der Waals surface area contributed by atoms with Gasteiger partial charge in [0.05, 0.1) is 31.5 Å². The highest BCUT2D eigenvalue weighted by Crippen LogP contribution is 2.22. The molecule has 2 rings (SSSR count). The van der Waals surface area contributed by atoms with E-state index in [1.807, 2.05) is 0 Å². The van der Waals surface area contributed by atoms with Crippen molar-refractivity contribution >= 4 is 5.91 Å². The molecule has 0 fully saturated rings. The molecule has 0 spiro atoms. The van der Waals surface area contributed by atoms with Crippen molar-refractivity contribution in [1.29, 1.82) is 0 Å². The molecule has 0 saturated heterocycles. The van der Waals surface area contributed by atoms with E-state index in [0.717, 1.165) is 5.75 Å². The van der Waals surface area contributed by atoms with Crippen molar-refractivity contribution in [3.63, 3.8) is 0 Å². The summed E-state index contributed by atoms with van der Waals surface area (Å²) in [7, 11) is 3.37. The third-order valence-corrected chi connectivity index (χ3v) is 3.41. The SMILES string of the molecule is C=C1C(O)=C(C(=O)NCCOc2ccc(OC)cc2)CN1C. The van der Waals surface area contributed by atoms with Crippen LogP contribution in [-0.2, 0) is 4.79 Å². The average Bonchev–Trinajstić information content (AvgIpc) is 2.79. The number of rotatable bonds is 6. The van der Waals surface area contributed by atoms with Crippen LogP contribution in [0.1, 0.15) is 0 Å². The van der Waals surface area contributed by atoms with Gasteiger partial charge in [-0.25, -0.2) is 0 Å². The quantitative estimate of drug-likeness (QED) is 0.779. The fourth-order valence-electron chi connectivity index (χ4n) is 2.05. The highest BCUT2D eigenvalue weighted by molar-refractivity contribution is 5.95. The molecule has 118 valence electrons. The molecular weight excluding hydrogens is 284 g/mol. The first kappa shape index (κ1) is 15.8. The zero-order valence-corrected chi connectivity index (χ0v) is 12.8. The van der Waals surface area contributed by atoms with Crippen LogP contribution >= 0.6 is 0 Å². The number of nitrogens with one attached hydrogen (secondary N) is 1. The van der Waals surface area contributed by atoms with Crippen LogP contribution in [0, 0.1) is 0 Å². The summed E-state index contributed by atoms with van der Waals surface area (Å²) in [5.74, 6) is 1.11. The molecule has 1 heterocycles. The Kier molecular flexibility index (Phi) is 4.93. The van der Waals surface area contributed by atoms with Crippen LogP contribution in [0.15, 0.2) is 47.9 Å². The van der Waals surface area contributed by atoms with Gasteiger partial charge >= 0.3 is 0 Å². The highest BCUT2D eigenvalue weighted by atomic mass is 16.5. The number of aliphatic hydroxyl groups is 1. The summed E-state index contributed by atoms with van der Waals surface area (Å²) in [4.78, 5) is 13.7. The van der Waals surface area contributed by atoms with Crippen LogP contribution in [0.3, 0.4) is 0 Å². The number of amides is 1. The van der Waals surface area contributed by atoms with Crippen LogP contribution in [0.4, 0.5) is 0 Å². The van der Waals surface area contributed by atoms with Gasteiger partial charge in [0.2, 0.25) is 0 Å². The van der Waals surface area contributed by atoms with Gasteiger partial charge in [-0.2, -0.15) is 0 Å². The predicted molar refractivity (Wildman–Crippen MR) is 82.9 cm³/mol. The zero-order valence-electron chi connectivity index (χ0n) is 12.8. The predicted octanol–water partition coefficient (Wildman–Crippen LogP) is 1.46. The van der Waals surface area contributed by atoms with Crippen LogP contribution in [0.5, 0.6) is 11.5 Å². The van der Waals surface area contributed by atoms with Crippen LogP contribution < -0.4 is 14.8 Å². The molecule has 0 bridgehead atoms. The molecule has 0 aliphatic carbocycles. The molecule has 0 atom stereocenters. The number of likely N-dealkylation sites (N-methyl/N-ethyl adjacent to an activating group) is 1. The molecule has 1 aliphatic heterocycles. The van der Waals surface area contributed by atoms with E-state index in [1.165, 1.54) is 0 Å². The third-order valence-electron chi connectivity index (χ3n) is 3.41. The Morgan fingerprint density at radius 3 is 2.55 bits per heavy atom. The van der Waals surface area contributed by atoms with Gasteiger partial charge in [-0.3, -0.25) is 4.79 Å². The van der Waals surface area contributed by atoms with E-state index in [1.54, 1.807) is 43.3 Å². The van der Waals surface area contributed by atoms with E-state index in [2.05, 4.69) is 11.9 Å². The van der Waals surface area contributed by atoms with Crippen molar-refractivity contribution in [3.05, 3.63) is 47.9 Å². The number of carbonyl (C=O) groups excluding carboxylic acids is 1. The molecule has 1 aromatic carbocycles. The molecule has 1 amide bonds. The number of benzene rings is 1. The van der Waals surface area contributed by atoms with Crippen molar-refractivity contribution in [2.24, 2.45) is 0 Å². The van der Waals surface area contributed by atoms with Crippen molar-refractivity contribution in [3.8, 4) is 11.5 Å². The van der Waals surface area contributed by atoms with Gasteiger partial charge < -0.3 is 24.8 Å². The summed E-state index contributed by atoms with van der Waals surface area (Å²) < 4.78 is 10.6. The average molecular weight is 304 g/mol. The summed E-state index contributed by atoms with van der Waals surface area (Å²) in [5, 5.41) is 12.5.